The van der Waals surface area contributed by atoms with Crippen LogP contribution in [0.1, 0.15) is 32.9 Å². The van der Waals surface area contributed by atoms with Gasteiger partial charge in [-0.2, -0.15) is 10.2 Å². The number of aryl methyl sites for hydroxylation is 2. The average molecular weight is 362 g/mol. The van der Waals surface area contributed by atoms with E-state index in [-0.39, 0.29) is 5.91 Å². The van der Waals surface area contributed by atoms with Crippen molar-refractivity contribution in [2.45, 2.75) is 20.4 Å². The predicted molar refractivity (Wildman–Crippen MR) is 105 cm³/mol. The van der Waals surface area contributed by atoms with E-state index >= 15 is 0 Å². The van der Waals surface area contributed by atoms with E-state index in [1.165, 1.54) is 0 Å². The second kappa shape index (κ2) is 8.31. The van der Waals surface area contributed by atoms with Gasteiger partial charge in [-0.3, -0.25) is 9.48 Å². The van der Waals surface area contributed by atoms with Crippen LogP contribution in [0.5, 0.6) is 5.75 Å². The van der Waals surface area contributed by atoms with Crippen LogP contribution in [-0.2, 0) is 6.54 Å². The van der Waals surface area contributed by atoms with Gasteiger partial charge < -0.3 is 4.74 Å². The van der Waals surface area contributed by atoms with Crippen molar-refractivity contribution >= 4 is 12.1 Å². The predicted octanol–water partition coefficient (Wildman–Crippen LogP) is 3.32. The summed E-state index contributed by atoms with van der Waals surface area (Å²) in [4.78, 5) is 12.4. The topological polar surface area (TPSA) is 68.5 Å². The summed E-state index contributed by atoms with van der Waals surface area (Å²) in [5, 5.41) is 8.49. The highest BCUT2D eigenvalue weighted by Gasteiger charge is 2.07. The second-order valence-corrected chi connectivity index (χ2v) is 6.26. The summed E-state index contributed by atoms with van der Waals surface area (Å²) in [6.07, 6.45) is 1.58. The second-order valence-electron chi connectivity index (χ2n) is 6.26. The van der Waals surface area contributed by atoms with Crippen molar-refractivity contribution in [2.75, 3.05) is 7.11 Å². The van der Waals surface area contributed by atoms with E-state index in [9.17, 15) is 4.79 Å². The number of nitrogens with zero attached hydrogens (tertiary/aromatic N) is 3. The summed E-state index contributed by atoms with van der Waals surface area (Å²) in [5.41, 5.74) is 7.03. The Morgan fingerprint density at radius 3 is 2.74 bits per heavy atom. The van der Waals surface area contributed by atoms with Crippen molar-refractivity contribution in [2.24, 2.45) is 5.10 Å². The van der Waals surface area contributed by atoms with Crippen LogP contribution in [0.3, 0.4) is 0 Å². The van der Waals surface area contributed by atoms with Gasteiger partial charge in [-0.05, 0) is 55.3 Å². The molecule has 0 atom stereocenters. The van der Waals surface area contributed by atoms with Crippen LogP contribution in [0.4, 0.5) is 0 Å². The summed E-state index contributed by atoms with van der Waals surface area (Å²) in [6.45, 7) is 4.60. The number of carbonyl (C=O) groups excluding carboxylic acids is 1. The lowest BCUT2D eigenvalue weighted by Gasteiger charge is -2.07. The normalized spacial score (nSPS) is 10.9. The van der Waals surface area contributed by atoms with Gasteiger partial charge in [0, 0.05) is 11.3 Å². The van der Waals surface area contributed by atoms with E-state index in [1.807, 2.05) is 67.1 Å². The average Bonchev–Trinajstić information content (AvgIpc) is 2.99. The minimum absolute atomic E-state index is 0.260. The Kier molecular flexibility index (Phi) is 5.66. The van der Waals surface area contributed by atoms with Crippen LogP contribution in [0.15, 0.2) is 59.7 Å². The van der Waals surface area contributed by atoms with E-state index in [2.05, 4.69) is 15.6 Å². The third kappa shape index (κ3) is 4.82. The number of amides is 1. The molecule has 0 aliphatic rings. The molecule has 2 aromatic carbocycles. The van der Waals surface area contributed by atoms with Crippen molar-refractivity contribution in [1.82, 2.24) is 15.2 Å². The molecule has 0 saturated heterocycles. The summed E-state index contributed by atoms with van der Waals surface area (Å²) in [7, 11) is 1.61. The summed E-state index contributed by atoms with van der Waals surface area (Å²) in [6, 6.07) is 16.9. The number of rotatable bonds is 6. The fraction of sp³-hybridized carbons (Fsp3) is 0.190. The minimum atomic E-state index is -0.260. The van der Waals surface area contributed by atoms with Crippen molar-refractivity contribution < 1.29 is 9.53 Å². The monoisotopic (exact) mass is 362 g/mol. The molecule has 0 aliphatic carbocycles. The molecule has 27 heavy (non-hydrogen) atoms. The van der Waals surface area contributed by atoms with Gasteiger partial charge in [0.25, 0.3) is 5.91 Å². The molecule has 0 spiro atoms. The highest BCUT2D eigenvalue weighted by molar-refractivity contribution is 5.95. The first-order chi connectivity index (χ1) is 13.0. The molecule has 0 radical (unpaired) electrons. The maximum atomic E-state index is 12.4. The van der Waals surface area contributed by atoms with Crippen LogP contribution in [0.2, 0.25) is 0 Å². The zero-order chi connectivity index (χ0) is 19.2. The Morgan fingerprint density at radius 2 is 2.00 bits per heavy atom. The van der Waals surface area contributed by atoms with Gasteiger partial charge in [0.15, 0.2) is 0 Å². The molecule has 138 valence electrons. The molecular weight excluding hydrogens is 340 g/mol. The van der Waals surface area contributed by atoms with Gasteiger partial charge in [-0.1, -0.05) is 24.3 Å². The Bertz CT molecular complexity index is 976. The van der Waals surface area contributed by atoms with Crippen LogP contribution in [0.25, 0.3) is 0 Å². The molecule has 0 saturated carbocycles. The summed E-state index contributed by atoms with van der Waals surface area (Å²) in [5.74, 6) is 0.478. The summed E-state index contributed by atoms with van der Waals surface area (Å²) >= 11 is 0. The minimum Gasteiger partial charge on any atom is -0.497 e. The van der Waals surface area contributed by atoms with Gasteiger partial charge in [-0.25, -0.2) is 5.43 Å². The van der Waals surface area contributed by atoms with E-state index in [0.717, 1.165) is 28.3 Å². The fourth-order valence-corrected chi connectivity index (χ4v) is 2.77. The molecule has 1 N–H and O–H groups in total. The van der Waals surface area contributed by atoms with Gasteiger partial charge in [0.05, 0.1) is 25.6 Å². The van der Waals surface area contributed by atoms with Gasteiger partial charge in [0.1, 0.15) is 5.75 Å². The zero-order valence-electron chi connectivity index (χ0n) is 15.6. The SMILES string of the molecule is COc1cccc(C=NNC(=O)c2cccc(Cn3nc(C)cc3C)c2)c1. The largest absolute Gasteiger partial charge is 0.497 e. The fourth-order valence-electron chi connectivity index (χ4n) is 2.77. The third-order valence-corrected chi connectivity index (χ3v) is 4.10. The number of hydrogen-bond donors (Lipinski definition) is 1. The van der Waals surface area contributed by atoms with Gasteiger partial charge in [0.2, 0.25) is 0 Å². The smallest absolute Gasteiger partial charge is 0.271 e. The summed E-state index contributed by atoms with van der Waals surface area (Å²) < 4.78 is 7.09. The van der Waals surface area contributed by atoms with Gasteiger partial charge in [-0.15, -0.1) is 0 Å². The molecule has 1 amide bonds. The lowest BCUT2D eigenvalue weighted by molar-refractivity contribution is 0.0955. The van der Waals surface area contributed by atoms with Crippen molar-refractivity contribution in [3.63, 3.8) is 0 Å². The highest BCUT2D eigenvalue weighted by atomic mass is 16.5. The standard InChI is InChI=1S/C21H22N4O2/c1-15-10-16(2)25(24-15)14-18-7-4-8-19(11-18)21(26)23-22-13-17-6-5-9-20(12-17)27-3/h4-13H,14H2,1-3H3,(H,23,26). The first-order valence-electron chi connectivity index (χ1n) is 8.62. The van der Waals surface area contributed by atoms with E-state index < -0.39 is 0 Å². The first kappa shape index (κ1) is 18.4. The molecule has 0 unspecified atom stereocenters. The Hall–Kier alpha value is -3.41. The Morgan fingerprint density at radius 1 is 1.19 bits per heavy atom. The molecule has 6 nitrogen and oxygen atoms in total. The highest BCUT2D eigenvalue weighted by Crippen LogP contribution is 2.11. The first-order valence-corrected chi connectivity index (χ1v) is 8.62. The quantitative estimate of drug-likeness (QED) is 0.540. The van der Waals surface area contributed by atoms with Gasteiger partial charge >= 0.3 is 0 Å². The molecule has 3 aromatic rings. The van der Waals surface area contributed by atoms with Crippen molar-refractivity contribution in [3.8, 4) is 5.75 Å². The molecule has 0 bridgehead atoms. The molecule has 0 fully saturated rings. The maximum absolute atomic E-state index is 12.4. The van der Waals surface area contributed by atoms with E-state index in [4.69, 9.17) is 4.74 Å². The van der Waals surface area contributed by atoms with Crippen LogP contribution in [0, 0.1) is 13.8 Å². The molecule has 1 aromatic heterocycles. The maximum Gasteiger partial charge on any atom is 0.271 e. The Labute approximate surface area is 158 Å². The van der Waals surface area contributed by atoms with Crippen LogP contribution in [-0.4, -0.2) is 29.0 Å². The number of methoxy groups -OCH3 is 1. The van der Waals surface area contributed by atoms with Crippen LogP contribution >= 0.6 is 0 Å². The number of aromatic nitrogens is 2. The number of nitrogens with one attached hydrogen (secondary N) is 1. The van der Waals surface area contributed by atoms with E-state index in [0.29, 0.717) is 12.1 Å². The van der Waals surface area contributed by atoms with Crippen molar-refractivity contribution in [3.05, 3.63) is 82.7 Å². The number of benzene rings is 2. The number of ether oxygens (including phenoxy) is 1. The molecule has 1 heterocycles. The molecule has 6 heteroatoms. The lowest BCUT2D eigenvalue weighted by atomic mass is 10.1. The number of carbonyl (C=O) groups is 1. The van der Waals surface area contributed by atoms with Crippen molar-refractivity contribution in [1.29, 1.82) is 0 Å². The number of hydrazone groups is 1. The molecule has 0 aliphatic heterocycles. The number of hydrogen-bond acceptors (Lipinski definition) is 4. The zero-order valence-corrected chi connectivity index (χ0v) is 15.6. The third-order valence-electron chi connectivity index (χ3n) is 4.10. The molecule has 3 rings (SSSR count). The van der Waals surface area contributed by atoms with E-state index in [1.54, 1.807) is 19.4 Å². The Balaban J connectivity index is 1.66. The molecular formula is C21H22N4O2. The van der Waals surface area contributed by atoms with Crippen LogP contribution < -0.4 is 10.2 Å². The lowest BCUT2D eigenvalue weighted by Crippen LogP contribution is -2.18.